The van der Waals surface area contributed by atoms with E-state index in [1.54, 1.807) is 0 Å². The van der Waals surface area contributed by atoms with Crippen molar-refractivity contribution in [1.82, 2.24) is 4.90 Å². The number of hydrogen-bond acceptors (Lipinski definition) is 3. The zero-order valence-electron chi connectivity index (χ0n) is 7.87. The summed E-state index contributed by atoms with van der Waals surface area (Å²) in [4.78, 5) is 2.31. The lowest BCUT2D eigenvalue weighted by Gasteiger charge is -2.18. The van der Waals surface area contributed by atoms with Crippen molar-refractivity contribution in [2.75, 3.05) is 26.2 Å². The van der Waals surface area contributed by atoms with Crippen LogP contribution in [0.15, 0.2) is 0 Å². The van der Waals surface area contributed by atoms with Gasteiger partial charge in [-0.05, 0) is 31.8 Å². The molecule has 0 saturated carbocycles. The Morgan fingerprint density at radius 3 is 2.92 bits per heavy atom. The molecule has 0 spiro atoms. The minimum Gasteiger partial charge on any atom is -0.392 e. The van der Waals surface area contributed by atoms with Crippen molar-refractivity contribution in [2.24, 2.45) is 11.7 Å². The van der Waals surface area contributed by atoms with Gasteiger partial charge in [0.25, 0.3) is 0 Å². The Balaban J connectivity index is 2.18. The van der Waals surface area contributed by atoms with Crippen molar-refractivity contribution >= 4 is 0 Å². The predicted octanol–water partition coefficient (Wildman–Crippen LogP) is 0.0379. The molecular formula is C9H20N2O. The van der Waals surface area contributed by atoms with Crippen LogP contribution in [0.4, 0.5) is 0 Å². The summed E-state index contributed by atoms with van der Waals surface area (Å²) in [5, 5.41) is 9.40. The molecule has 1 fully saturated rings. The van der Waals surface area contributed by atoms with E-state index >= 15 is 0 Å². The zero-order chi connectivity index (χ0) is 8.97. The summed E-state index contributed by atoms with van der Waals surface area (Å²) in [6.07, 6.45) is 1.90. The molecule has 0 aromatic carbocycles. The van der Waals surface area contributed by atoms with E-state index in [4.69, 9.17) is 5.73 Å². The third-order valence-corrected chi connectivity index (χ3v) is 2.64. The number of nitrogens with two attached hydrogens (primary N) is 1. The predicted molar refractivity (Wildman–Crippen MR) is 49.9 cm³/mol. The molecule has 1 aliphatic rings. The van der Waals surface area contributed by atoms with Crippen LogP contribution in [0.3, 0.4) is 0 Å². The van der Waals surface area contributed by atoms with Crippen molar-refractivity contribution in [3.63, 3.8) is 0 Å². The zero-order valence-corrected chi connectivity index (χ0v) is 7.87. The number of nitrogens with zero attached hydrogens (tertiary/aromatic N) is 1. The van der Waals surface area contributed by atoms with E-state index in [1.807, 2.05) is 6.92 Å². The van der Waals surface area contributed by atoms with Crippen LogP contribution >= 0.6 is 0 Å². The van der Waals surface area contributed by atoms with Crippen molar-refractivity contribution in [1.29, 1.82) is 0 Å². The Morgan fingerprint density at radius 2 is 2.42 bits per heavy atom. The van der Waals surface area contributed by atoms with Gasteiger partial charge in [0.15, 0.2) is 0 Å². The summed E-state index contributed by atoms with van der Waals surface area (Å²) in [5.41, 5.74) is 5.57. The summed E-state index contributed by atoms with van der Waals surface area (Å²) in [7, 11) is 0. The summed E-state index contributed by atoms with van der Waals surface area (Å²) >= 11 is 0. The average Bonchev–Trinajstić information content (AvgIpc) is 2.52. The average molecular weight is 172 g/mol. The second kappa shape index (κ2) is 4.80. The Labute approximate surface area is 74.5 Å². The van der Waals surface area contributed by atoms with Gasteiger partial charge in [-0.1, -0.05) is 6.92 Å². The molecule has 1 rings (SSSR count). The molecular weight excluding hydrogens is 152 g/mol. The number of β-amino-alcohol motifs (C(OH)–C–C–N with tert-alkyl or cyclic N) is 1. The highest BCUT2D eigenvalue weighted by Crippen LogP contribution is 2.14. The third-order valence-electron chi connectivity index (χ3n) is 2.64. The van der Waals surface area contributed by atoms with Crippen LogP contribution in [0.1, 0.15) is 19.8 Å². The molecule has 0 amide bonds. The highest BCUT2D eigenvalue weighted by molar-refractivity contribution is 4.77. The van der Waals surface area contributed by atoms with Crippen LogP contribution in [0.2, 0.25) is 0 Å². The SMILES string of the molecule is CCC(O)CN1CCC(CN)C1. The summed E-state index contributed by atoms with van der Waals surface area (Å²) < 4.78 is 0. The number of likely N-dealkylation sites (tertiary alicyclic amines) is 1. The molecule has 1 aliphatic heterocycles. The van der Waals surface area contributed by atoms with E-state index in [-0.39, 0.29) is 6.10 Å². The number of rotatable bonds is 4. The molecule has 0 bridgehead atoms. The van der Waals surface area contributed by atoms with Gasteiger partial charge in [0.2, 0.25) is 0 Å². The fourth-order valence-electron chi connectivity index (χ4n) is 1.70. The first-order chi connectivity index (χ1) is 5.76. The maximum Gasteiger partial charge on any atom is 0.0664 e. The first-order valence-corrected chi connectivity index (χ1v) is 4.86. The van der Waals surface area contributed by atoms with Crippen LogP contribution in [0.5, 0.6) is 0 Å². The molecule has 3 nitrogen and oxygen atoms in total. The molecule has 12 heavy (non-hydrogen) atoms. The number of aliphatic hydroxyl groups excluding tert-OH is 1. The number of hydrogen-bond donors (Lipinski definition) is 2. The van der Waals surface area contributed by atoms with Crippen LogP contribution in [-0.4, -0.2) is 42.3 Å². The lowest BCUT2D eigenvalue weighted by Crippen LogP contribution is -2.31. The smallest absolute Gasteiger partial charge is 0.0664 e. The maximum atomic E-state index is 9.40. The van der Waals surface area contributed by atoms with Gasteiger partial charge in [-0.25, -0.2) is 0 Å². The molecule has 3 heteroatoms. The summed E-state index contributed by atoms with van der Waals surface area (Å²) in [6, 6.07) is 0. The van der Waals surface area contributed by atoms with Crippen LogP contribution in [0.25, 0.3) is 0 Å². The fraction of sp³-hybridized carbons (Fsp3) is 1.00. The molecule has 3 N–H and O–H groups in total. The van der Waals surface area contributed by atoms with Gasteiger partial charge >= 0.3 is 0 Å². The van der Waals surface area contributed by atoms with Crippen molar-refractivity contribution in [3.8, 4) is 0 Å². The van der Waals surface area contributed by atoms with E-state index in [0.29, 0.717) is 5.92 Å². The van der Waals surface area contributed by atoms with Gasteiger partial charge in [0.05, 0.1) is 6.10 Å². The van der Waals surface area contributed by atoms with E-state index in [1.165, 1.54) is 6.42 Å². The van der Waals surface area contributed by atoms with E-state index < -0.39 is 0 Å². The van der Waals surface area contributed by atoms with Gasteiger partial charge in [-0.2, -0.15) is 0 Å². The molecule has 2 atom stereocenters. The molecule has 1 heterocycles. The van der Waals surface area contributed by atoms with Crippen molar-refractivity contribution in [2.45, 2.75) is 25.9 Å². The van der Waals surface area contributed by atoms with E-state index in [0.717, 1.165) is 32.6 Å². The normalized spacial score (nSPS) is 27.8. The molecule has 2 unspecified atom stereocenters. The van der Waals surface area contributed by atoms with Gasteiger partial charge in [-0.15, -0.1) is 0 Å². The summed E-state index contributed by atoms with van der Waals surface area (Å²) in [6.45, 7) is 5.82. The van der Waals surface area contributed by atoms with Crippen molar-refractivity contribution in [3.05, 3.63) is 0 Å². The standard InChI is InChI=1S/C9H20N2O/c1-2-9(12)7-11-4-3-8(5-10)6-11/h8-9,12H,2-7,10H2,1H3. The lowest BCUT2D eigenvalue weighted by molar-refractivity contribution is 0.120. The Bertz CT molecular complexity index is 130. The molecule has 0 radical (unpaired) electrons. The molecule has 0 aliphatic carbocycles. The van der Waals surface area contributed by atoms with Crippen LogP contribution in [-0.2, 0) is 0 Å². The monoisotopic (exact) mass is 172 g/mol. The maximum absolute atomic E-state index is 9.40. The van der Waals surface area contributed by atoms with Crippen LogP contribution < -0.4 is 5.73 Å². The Morgan fingerprint density at radius 1 is 1.67 bits per heavy atom. The topological polar surface area (TPSA) is 49.5 Å². The third kappa shape index (κ3) is 2.73. The minimum absolute atomic E-state index is 0.151. The highest BCUT2D eigenvalue weighted by Gasteiger charge is 2.22. The number of aliphatic hydroxyl groups is 1. The Hall–Kier alpha value is -0.120. The highest BCUT2D eigenvalue weighted by atomic mass is 16.3. The first-order valence-electron chi connectivity index (χ1n) is 4.86. The van der Waals surface area contributed by atoms with Gasteiger partial charge in [0.1, 0.15) is 0 Å². The Kier molecular flexibility index (Phi) is 3.98. The van der Waals surface area contributed by atoms with Crippen molar-refractivity contribution < 1.29 is 5.11 Å². The lowest BCUT2D eigenvalue weighted by atomic mass is 10.1. The second-order valence-corrected chi connectivity index (χ2v) is 3.71. The quantitative estimate of drug-likeness (QED) is 0.629. The van der Waals surface area contributed by atoms with Gasteiger partial charge in [0, 0.05) is 13.1 Å². The van der Waals surface area contributed by atoms with E-state index in [9.17, 15) is 5.11 Å². The largest absolute Gasteiger partial charge is 0.392 e. The van der Waals surface area contributed by atoms with Crippen LogP contribution in [0, 0.1) is 5.92 Å². The molecule has 72 valence electrons. The molecule has 0 aromatic rings. The fourth-order valence-corrected chi connectivity index (χ4v) is 1.70. The van der Waals surface area contributed by atoms with E-state index in [2.05, 4.69) is 4.90 Å². The second-order valence-electron chi connectivity index (χ2n) is 3.71. The molecule has 1 saturated heterocycles. The molecule has 0 aromatic heterocycles. The van der Waals surface area contributed by atoms with Gasteiger partial charge < -0.3 is 15.7 Å². The minimum atomic E-state index is -0.151. The van der Waals surface area contributed by atoms with Gasteiger partial charge in [-0.3, -0.25) is 0 Å². The first kappa shape index (κ1) is 9.96. The summed E-state index contributed by atoms with van der Waals surface area (Å²) in [5.74, 6) is 0.661.